The van der Waals surface area contributed by atoms with Crippen LogP contribution in [-0.4, -0.2) is 19.6 Å². The predicted molar refractivity (Wildman–Crippen MR) is 94.0 cm³/mol. The van der Waals surface area contributed by atoms with Gasteiger partial charge < -0.3 is 10.6 Å². The lowest BCUT2D eigenvalue weighted by atomic mass is 9.86. The first-order valence-corrected chi connectivity index (χ1v) is 8.59. The summed E-state index contributed by atoms with van der Waals surface area (Å²) in [5.74, 6) is 0. The molecule has 4 rings (SSSR count). The van der Waals surface area contributed by atoms with Crippen molar-refractivity contribution in [1.82, 2.24) is 5.32 Å². The Morgan fingerprint density at radius 3 is 2.73 bits per heavy atom. The lowest BCUT2D eigenvalue weighted by Gasteiger charge is -2.26. The molecule has 0 atom stereocenters. The quantitative estimate of drug-likeness (QED) is 0.830. The minimum absolute atomic E-state index is 0.811. The lowest BCUT2D eigenvalue weighted by Crippen LogP contribution is -2.16. The molecule has 0 saturated carbocycles. The lowest BCUT2D eigenvalue weighted by molar-refractivity contribution is 0.711. The van der Waals surface area contributed by atoms with E-state index in [-0.39, 0.29) is 0 Å². The van der Waals surface area contributed by atoms with E-state index in [1.807, 2.05) is 6.07 Å². The van der Waals surface area contributed by atoms with Crippen molar-refractivity contribution in [1.29, 1.82) is 0 Å². The smallest absolute Gasteiger partial charge is 0.0455 e. The second-order valence-corrected chi connectivity index (χ2v) is 6.65. The summed E-state index contributed by atoms with van der Waals surface area (Å²) in [7, 11) is 0. The molecule has 2 N–H and O–H groups in total. The molecule has 22 heavy (non-hydrogen) atoms. The highest BCUT2D eigenvalue weighted by molar-refractivity contribution is 6.30. The van der Waals surface area contributed by atoms with Crippen LogP contribution < -0.4 is 10.6 Å². The van der Waals surface area contributed by atoms with Crippen molar-refractivity contribution < 1.29 is 0 Å². The summed E-state index contributed by atoms with van der Waals surface area (Å²) in [5, 5.41) is 8.00. The van der Waals surface area contributed by atoms with Crippen LogP contribution in [0.2, 0.25) is 5.02 Å². The summed E-state index contributed by atoms with van der Waals surface area (Å²) >= 11 is 6.26. The van der Waals surface area contributed by atoms with Crippen LogP contribution in [0.5, 0.6) is 0 Å². The molecule has 0 spiro atoms. The maximum atomic E-state index is 6.26. The number of nitrogens with one attached hydrogen (secondary N) is 2. The van der Waals surface area contributed by atoms with Gasteiger partial charge in [0.15, 0.2) is 0 Å². The highest BCUT2D eigenvalue weighted by Gasteiger charge is 2.22. The Hall–Kier alpha value is -1.51. The van der Waals surface area contributed by atoms with Crippen LogP contribution in [0.3, 0.4) is 0 Å². The number of anilines is 1. The summed E-state index contributed by atoms with van der Waals surface area (Å²) in [5.41, 5.74) is 8.47. The van der Waals surface area contributed by atoms with Crippen LogP contribution in [0.15, 0.2) is 30.3 Å². The second-order valence-electron chi connectivity index (χ2n) is 6.21. The van der Waals surface area contributed by atoms with Gasteiger partial charge in [0.05, 0.1) is 0 Å². The van der Waals surface area contributed by atoms with Crippen molar-refractivity contribution in [3.05, 3.63) is 52.0 Å². The van der Waals surface area contributed by atoms with E-state index in [4.69, 9.17) is 11.6 Å². The van der Waals surface area contributed by atoms with Gasteiger partial charge in [0, 0.05) is 22.8 Å². The van der Waals surface area contributed by atoms with E-state index >= 15 is 0 Å². The van der Waals surface area contributed by atoms with Crippen LogP contribution in [-0.2, 0) is 19.3 Å². The van der Waals surface area contributed by atoms with Crippen molar-refractivity contribution >= 4 is 17.3 Å². The van der Waals surface area contributed by atoms with Gasteiger partial charge in [-0.1, -0.05) is 29.8 Å². The number of aryl methyl sites for hydroxylation is 1. The van der Waals surface area contributed by atoms with Crippen LogP contribution in [0.1, 0.15) is 23.1 Å². The van der Waals surface area contributed by atoms with Gasteiger partial charge in [0.2, 0.25) is 0 Å². The van der Waals surface area contributed by atoms with E-state index in [9.17, 15) is 0 Å². The number of rotatable bonds is 1. The first-order chi connectivity index (χ1) is 10.8. The topological polar surface area (TPSA) is 24.1 Å². The van der Waals surface area contributed by atoms with Gasteiger partial charge in [-0.25, -0.2) is 0 Å². The molecule has 0 fully saturated rings. The molecule has 0 amide bonds. The Morgan fingerprint density at radius 2 is 1.82 bits per heavy atom. The fourth-order valence-corrected chi connectivity index (χ4v) is 3.96. The standard InChI is InChI=1S/C19H21ClN2/c20-16-5-1-3-14(12-16)18-17-7-10-21-9-6-13(17)11-15-4-2-8-22-19(15)18/h1,3,5,11-12,21-22H,2,4,6-10H2. The molecular weight excluding hydrogens is 292 g/mol. The molecule has 2 aromatic rings. The molecular formula is C19H21ClN2. The van der Waals surface area contributed by atoms with Gasteiger partial charge in [-0.2, -0.15) is 0 Å². The Labute approximate surface area is 136 Å². The average molecular weight is 313 g/mol. The Bertz CT molecular complexity index is 709. The first kappa shape index (κ1) is 14.1. The monoisotopic (exact) mass is 312 g/mol. The van der Waals surface area contributed by atoms with Crippen molar-refractivity contribution in [3.8, 4) is 11.1 Å². The maximum absolute atomic E-state index is 6.26. The number of fused-ring (bicyclic) bond motifs is 2. The average Bonchev–Trinajstić information content (AvgIpc) is 2.77. The zero-order valence-electron chi connectivity index (χ0n) is 12.7. The highest BCUT2D eigenvalue weighted by Crippen LogP contribution is 2.40. The molecule has 114 valence electrons. The van der Waals surface area contributed by atoms with Crippen molar-refractivity contribution in [2.75, 3.05) is 25.0 Å². The summed E-state index contributed by atoms with van der Waals surface area (Å²) in [6, 6.07) is 10.7. The van der Waals surface area contributed by atoms with E-state index in [2.05, 4.69) is 34.9 Å². The SMILES string of the molecule is Clc1cccc(-c2c3c(cc4c2NCCC4)CCNCC3)c1. The molecule has 0 saturated heterocycles. The number of halogens is 1. The normalized spacial score (nSPS) is 17.1. The van der Waals surface area contributed by atoms with Crippen LogP contribution in [0.4, 0.5) is 5.69 Å². The van der Waals surface area contributed by atoms with Gasteiger partial charge >= 0.3 is 0 Å². The van der Waals surface area contributed by atoms with Crippen LogP contribution >= 0.6 is 11.6 Å². The molecule has 2 aliphatic rings. The Kier molecular flexibility index (Phi) is 3.81. The third-order valence-corrected chi connectivity index (χ3v) is 5.00. The molecule has 0 unspecified atom stereocenters. The molecule has 2 aromatic carbocycles. The molecule has 0 radical (unpaired) electrons. The van der Waals surface area contributed by atoms with E-state index in [0.717, 1.165) is 37.5 Å². The van der Waals surface area contributed by atoms with Gasteiger partial charge in [-0.3, -0.25) is 0 Å². The molecule has 2 nitrogen and oxygen atoms in total. The third-order valence-electron chi connectivity index (χ3n) is 4.77. The van der Waals surface area contributed by atoms with Crippen molar-refractivity contribution in [2.45, 2.75) is 25.7 Å². The highest BCUT2D eigenvalue weighted by atomic mass is 35.5. The van der Waals surface area contributed by atoms with Gasteiger partial charge in [-0.15, -0.1) is 0 Å². The first-order valence-electron chi connectivity index (χ1n) is 8.21. The maximum Gasteiger partial charge on any atom is 0.0455 e. The summed E-state index contributed by atoms with van der Waals surface area (Å²) in [6.45, 7) is 3.20. The van der Waals surface area contributed by atoms with E-state index in [1.165, 1.54) is 46.3 Å². The minimum Gasteiger partial charge on any atom is -0.384 e. The van der Waals surface area contributed by atoms with Gasteiger partial charge in [0.25, 0.3) is 0 Å². The predicted octanol–water partition coefficient (Wildman–Crippen LogP) is 4.05. The van der Waals surface area contributed by atoms with Crippen molar-refractivity contribution in [3.63, 3.8) is 0 Å². The van der Waals surface area contributed by atoms with Gasteiger partial charge in [0.1, 0.15) is 0 Å². The largest absolute Gasteiger partial charge is 0.384 e. The summed E-state index contributed by atoms with van der Waals surface area (Å²) in [6.07, 6.45) is 4.61. The second kappa shape index (κ2) is 5.94. The number of hydrogen-bond acceptors (Lipinski definition) is 2. The molecule has 0 aromatic heterocycles. The molecule has 2 heterocycles. The summed E-state index contributed by atoms with van der Waals surface area (Å²) in [4.78, 5) is 0. The van der Waals surface area contributed by atoms with Crippen LogP contribution in [0, 0.1) is 0 Å². The van der Waals surface area contributed by atoms with Gasteiger partial charge in [-0.05, 0) is 73.2 Å². The third kappa shape index (κ3) is 2.51. The molecule has 0 bridgehead atoms. The van der Waals surface area contributed by atoms with E-state index in [1.54, 1.807) is 0 Å². The molecule has 3 heteroatoms. The zero-order valence-corrected chi connectivity index (χ0v) is 13.5. The summed E-state index contributed by atoms with van der Waals surface area (Å²) < 4.78 is 0. The number of hydrogen-bond donors (Lipinski definition) is 2. The van der Waals surface area contributed by atoms with E-state index in [0.29, 0.717) is 0 Å². The molecule has 0 aliphatic carbocycles. The fraction of sp³-hybridized carbons (Fsp3) is 0.368. The van der Waals surface area contributed by atoms with E-state index < -0.39 is 0 Å². The number of benzene rings is 2. The Balaban J connectivity index is 1.97. The molecule has 2 aliphatic heterocycles. The minimum atomic E-state index is 0.811. The van der Waals surface area contributed by atoms with Crippen LogP contribution in [0.25, 0.3) is 11.1 Å². The Morgan fingerprint density at radius 1 is 0.909 bits per heavy atom. The van der Waals surface area contributed by atoms with Crippen molar-refractivity contribution in [2.24, 2.45) is 0 Å². The zero-order chi connectivity index (χ0) is 14.9. The fourth-order valence-electron chi connectivity index (χ4n) is 3.77.